The molecule has 0 bridgehead atoms. The maximum atomic E-state index is 4.64. The van der Waals surface area contributed by atoms with E-state index in [0.29, 0.717) is 4.75 Å². The Kier molecular flexibility index (Phi) is 3.89. The average molecular weight is 252 g/mol. The van der Waals surface area contributed by atoms with Gasteiger partial charge in [0.15, 0.2) is 0 Å². The summed E-state index contributed by atoms with van der Waals surface area (Å²) < 4.78 is 0.305. The first-order valence-corrected chi connectivity index (χ1v) is 6.94. The Morgan fingerprint density at radius 1 is 1.47 bits per heavy atom. The highest BCUT2D eigenvalue weighted by Crippen LogP contribution is 2.31. The van der Waals surface area contributed by atoms with Gasteiger partial charge in [0, 0.05) is 36.3 Å². The lowest BCUT2D eigenvalue weighted by atomic mass is 10.2. The van der Waals surface area contributed by atoms with Crippen LogP contribution in [0.3, 0.4) is 0 Å². The molecule has 0 unspecified atom stereocenters. The predicted molar refractivity (Wildman–Crippen MR) is 73.5 cm³/mol. The lowest BCUT2D eigenvalue weighted by Crippen LogP contribution is -2.43. The van der Waals surface area contributed by atoms with Gasteiger partial charge in [0.05, 0.1) is 11.9 Å². The Hall–Kier alpha value is -0.810. The van der Waals surface area contributed by atoms with Crippen molar-refractivity contribution in [3.8, 4) is 0 Å². The highest BCUT2D eigenvalue weighted by molar-refractivity contribution is 8.00. The van der Waals surface area contributed by atoms with Gasteiger partial charge in [-0.15, -0.1) is 0 Å². The van der Waals surface area contributed by atoms with Gasteiger partial charge in [-0.2, -0.15) is 11.8 Å². The maximum absolute atomic E-state index is 4.64. The number of anilines is 1. The molecule has 0 saturated carbocycles. The van der Waals surface area contributed by atoms with Crippen LogP contribution in [0.1, 0.15) is 19.5 Å². The summed E-state index contributed by atoms with van der Waals surface area (Å²) in [6.45, 7) is 7.44. The normalized spacial score (nSPS) is 19.4. The van der Waals surface area contributed by atoms with Crippen LogP contribution in [0.4, 0.5) is 5.82 Å². The van der Waals surface area contributed by atoms with Gasteiger partial charge in [-0.25, -0.2) is 4.98 Å². The Labute approximate surface area is 107 Å². The van der Waals surface area contributed by atoms with Gasteiger partial charge in [-0.05, 0) is 20.9 Å². The number of nitrogens with one attached hydrogen (secondary N) is 1. The first kappa shape index (κ1) is 12.6. The Morgan fingerprint density at radius 3 is 3.00 bits per heavy atom. The molecule has 2 heterocycles. The van der Waals surface area contributed by atoms with Crippen molar-refractivity contribution in [3.63, 3.8) is 0 Å². The number of nitrogens with zero attached hydrogens (tertiary/aromatic N) is 3. The highest BCUT2D eigenvalue weighted by Gasteiger charge is 2.27. The largest absolute Gasteiger partial charge is 0.353 e. The maximum Gasteiger partial charge on any atom is 0.147 e. The fourth-order valence-electron chi connectivity index (χ4n) is 2.03. The van der Waals surface area contributed by atoms with E-state index in [1.54, 1.807) is 0 Å². The summed E-state index contributed by atoms with van der Waals surface area (Å²) in [6, 6.07) is 0. The Bertz CT molecular complexity index is 381. The molecule has 0 radical (unpaired) electrons. The van der Waals surface area contributed by atoms with Crippen LogP contribution in [0.25, 0.3) is 0 Å². The first-order chi connectivity index (χ1) is 8.11. The van der Waals surface area contributed by atoms with Crippen LogP contribution in [-0.4, -0.2) is 40.6 Å². The van der Waals surface area contributed by atoms with E-state index in [4.69, 9.17) is 0 Å². The second kappa shape index (κ2) is 5.23. The SMILES string of the molecule is CNCc1cncc(N2CCSC(C)(C)C2)n1. The molecule has 94 valence electrons. The van der Waals surface area contributed by atoms with Crippen molar-refractivity contribution in [2.75, 3.05) is 30.8 Å². The van der Waals surface area contributed by atoms with E-state index in [-0.39, 0.29) is 0 Å². The zero-order valence-electron chi connectivity index (χ0n) is 10.7. The van der Waals surface area contributed by atoms with Gasteiger partial charge in [-0.1, -0.05) is 0 Å². The van der Waals surface area contributed by atoms with E-state index in [1.807, 2.05) is 31.2 Å². The lowest BCUT2D eigenvalue weighted by molar-refractivity contribution is 0.638. The molecule has 1 fully saturated rings. The monoisotopic (exact) mass is 252 g/mol. The first-order valence-electron chi connectivity index (χ1n) is 5.95. The second-order valence-electron chi connectivity index (χ2n) is 4.93. The summed E-state index contributed by atoms with van der Waals surface area (Å²) in [4.78, 5) is 11.3. The fourth-order valence-corrected chi connectivity index (χ4v) is 3.14. The summed E-state index contributed by atoms with van der Waals surface area (Å²) in [5, 5.41) is 3.11. The predicted octanol–water partition coefficient (Wildman–Crippen LogP) is 1.53. The van der Waals surface area contributed by atoms with Gasteiger partial charge < -0.3 is 10.2 Å². The van der Waals surface area contributed by atoms with Gasteiger partial charge in [-0.3, -0.25) is 4.98 Å². The topological polar surface area (TPSA) is 41.1 Å². The summed E-state index contributed by atoms with van der Waals surface area (Å²) in [7, 11) is 1.93. The van der Waals surface area contributed by atoms with Crippen molar-refractivity contribution in [1.82, 2.24) is 15.3 Å². The molecule has 0 atom stereocenters. The van der Waals surface area contributed by atoms with Crippen LogP contribution in [0.2, 0.25) is 0 Å². The van der Waals surface area contributed by atoms with E-state index in [2.05, 4.69) is 34.0 Å². The summed E-state index contributed by atoms with van der Waals surface area (Å²) in [5.41, 5.74) is 1.00. The standard InChI is InChI=1S/C12H20N4S/c1-12(2)9-16(4-5-17-12)11-8-14-7-10(15-11)6-13-3/h7-8,13H,4-6,9H2,1-3H3. The van der Waals surface area contributed by atoms with Crippen LogP contribution in [-0.2, 0) is 6.54 Å². The van der Waals surface area contributed by atoms with Crippen molar-refractivity contribution in [1.29, 1.82) is 0 Å². The van der Waals surface area contributed by atoms with E-state index in [1.165, 1.54) is 0 Å². The minimum atomic E-state index is 0.305. The average Bonchev–Trinajstić information content (AvgIpc) is 2.28. The van der Waals surface area contributed by atoms with E-state index in [9.17, 15) is 0 Å². The van der Waals surface area contributed by atoms with E-state index >= 15 is 0 Å². The summed E-state index contributed by atoms with van der Waals surface area (Å²) in [6.07, 6.45) is 3.69. The number of rotatable bonds is 3. The molecule has 1 aliphatic rings. The molecule has 1 saturated heterocycles. The van der Waals surface area contributed by atoms with Gasteiger partial charge >= 0.3 is 0 Å². The van der Waals surface area contributed by atoms with Crippen LogP contribution >= 0.6 is 11.8 Å². The Balaban J connectivity index is 2.13. The van der Waals surface area contributed by atoms with Crippen molar-refractivity contribution < 1.29 is 0 Å². The third-order valence-electron chi connectivity index (χ3n) is 2.78. The quantitative estimate of drug-likeness (QED) is 0.883. The van der Waals surface area contributed by atoms with E-state index < -0.39 is 0 Å². The highest BCUT2D eigenvalue weighted by atomic mass is 32.2. The van der Waals surface area contributed by atoms with Crippen LogP contribution in [0, 0.1) is 0 Å². The molecule has 5 heteroatoms. The minimum Gasteiger partial charge on any atom is -0.353 e. The number of aromatic nitrogens is 2. The molecule has 0 amide bonds. The molecule has 1 N–H and O–H groups in total. The van der Waals surface area contributed by atoms with Crippen molar-refractivity contribution in [2.45, 2.75) is 25.1 Å². The van der Waals surface area contributed by atoms with Crippen LogP contribution in [0.15, 0.2) is 12.4 Å². The number of hydrogen-bond acceptors (Lipinski definition) is 5. The second-order valence-corrected chi connectivity index (χ2v) is 6.73. The Morgan fingerprint density at radius 2 is 2.29 bits per heavy atom. The molecule has 1 aromatic heterocycles. The zero-order valence-corrected chi connectivity index (χ0v) is 11.5. The molecule has 2 rings (SSSR count). The smallest absolute Gasteiger partial charge is 0.147 e. The van der Waals surface area contributed by atoms with Gasteiger partial charge in [0.25, 0.3) is 0 Å². The number of hydrogen-bond donors (Lipinski definition) is 1. The van der Waals surface area contributed by atoms with Crippen LogP contribution < -0.4 is 10.2 Å². The van der Waals surface area contributed by atoms with Gasteiger partial charge in [0.2, 0.25) is 0 Å². The van der Waals surface area contributed by atoms with Gasteiger partial charge in [0.1, 0.15) is 5.82 Å². The fraction of sp³-hybridized carbons (Fsp3) is 0.667. The van der Waals surface area contributed by atoms with Crippen molar-refractivity contribution in [3.05, 3.63) is 18.1 Å². The lowest BCUT2D eigenvalue weighted by Gasteiger charge is -2.38. The van der Waals surface area contributed by atoms with Crippen molar-refractivity contribution in [2.24, 2.45) is 0 Å². The molecule has 17 heavy (non-hydrogen) atoms. The molecular weight excluding hydrogens is 232 g/mol. The molecule has 0 aromatic carbocycles. The molecule has 0 spiro atoms. The van der Waals surface area contributed by atoms with Crippen LogP contribution in [0.5, 0.6) is 0 Å². The third-order valence-corrected chi connectivity index (χ3v) is 4.08. The minimum absolute atomic E-state index is 0.305. The molecule has 1 aliphatic heterocycles. The molecule has 1 aromatic rings. The van der Waals surface area contributed by atoms with Crippen molar-refractivity contribution >= 4 is 17.6 Å². The molecule has 0 aliphatic carbocycles. The number of thioether (sulfide) groups is 1. The molecule has 4 nitrogen and oxygen atoms in total. The third kappa shape index (κ3) is 3.33. The van der Waals surface area contributed by atoms with E-state index in [0.717, 1.165) is 36.9 Å². The summed E-state index contributed by atoms with van der Waals surface area (Å²) in [5.74, 6) is 2.16. The molecular formula is C12H20N4S. The summed E-state index contributed by atoms with van der Waals surface area (Å²) >= 11 is 2.03. The zero-order chi connectivity index (χ0) is 12.3.